The molecule has 10 nitrogen and oxygen atoms in total. The van der Waals surface area contributed by atoms with Crippen LogP contribution >= 0.6 is 27.3 Å². The van der Waals surface area contributed by atoms with Crippen molar-refractivity contribution < 1.29 is 33.2 Å². The fourth-order valence-corrected chi connectivity index (χ4v) is 6.08. The third kappa shape index (κ3) is 6.04. The Balaban J connectivity index is 1.99. The minimum Gasteiger partial charge on any atom is -0.496 e. The number of esters is 1. The number of thiazole rings is 1. The summed E-state index contributed by atoms with van der Waals surface area (Å²) in [6, 6.07) is 8.02. The lowest BCUT2D eigenvalue weighted by Gasteiger charge is -2.27. The van der Waals surface area contributed by atoms with Gasteiger partial charge in [0.15, 0.2) is 16.3 Å². The van der Waals surface area contributed by atoms with Crippen LogP contribution in [-0.2, 0) is 14.3 Å². The number of allylic oxidation sites excluding steroid dienone is 1. The van der Waals surface area contributed by atoms with Crippen molar-refractivity contribution in [1.29, 1.82) is 0 Å². The molecule has 0 saturated heterocycles. The Labute approximate surface area is 249 Å². The highest BCUT2D eigenvalue weighted by atomic mass is 79.9. The van der Waals surface area contributed by atoms with E-state index in [0.717, 1.165) is 0 Å². The second-order valence-corrected chi connectivity index (χ2v) is 10.6. The number of ether oxygens (including phenoxy) is 6. The van der Waals surface area contributed by atoms with E-state index < -0.39 is 12.0 Å². The molecule has 1 atom stereocenters. The van der Waals surface area contributed by atoms with Crippen molar-refractivity contribution in [1.82, 2.24) is 4.57 Å². The van der Waals surface area contributed by atoms with Crippen molar-refractivity contribution in [3.63, 3.8) is 0 Å². The van der Waals surface area contributed by atoms with Crippen LogP contribution in [-0.4, -0.2) is 58.8 Å². The predicted octanol–water partition coefficient (Wildman–Crippen LogP) is 3.61. The van der Waals surface area contributed by atoms with E-state index in [1.54, 1.807) is 51.5 Å². The standard InChI is InChI=1S/C29H31BrN2O8S/c1-7-39-26-18(9-8-10-20(26)36-4)25-24(28(34)40-12-11-35-3)16(2)31-29-32(25)27(33)23(41-29)14-17-13-19(30)22(38-6)15-21(17)37-5/h8-10,13-15,25H,7,11-12H2,1-6H3/b23-14+/t25-/m1/s1. The summed E-state index contributed by atoms with van der Waals surface area (Å²) >= 11 is 4.71. The predicted molar refractivity (Wildman–Crippen MR) is 158 cm³/mol. The van der Waals surface area contributed by atoms with Crippen LogP contribution < -0.4 is 33.8 Å². The number of nitrogens with zero attached hydrogens (tertiary/aromatic N) is 2. The van der Waals surface area contributed by atoms with Gasteiger partial charge in [0, 0.05) is 24.3 Å². The third-order valence-electron chi connectivity index (χ3n) is 6.37. The molecular formula is C29H31BrN2O8S. The molecule has 0 amide bonds. The van der Waals surface area contributed by atoms with Crippen LogP contribution in [0.3, 0.4) is 0 Å². The topological polar surface area (TPSA) is 107 Å². The minimum absolute atomic E-state index is 0.0474. The summed E-state index contributed by atoms with van der Waals surface area (Å²) in [5.74, 6) is 1.41. The molecule has 1 aromatic heterocycles. The molecule has 2 aromatic carbocycles. The highest BCUT2D eigenvalue weighted by Crippen LogP contribution is 2.41. The van der Waals surface area contributed by atoms with Crippen molar-refractivity contribution in [2.24, 2.45) is 4.99 Å². The minimum atomic E-state index is -0.885. The summed E-state index contributed by atoms with van der Waals surface area (Å²) in [5, 5.41) is 0. The number of methoxy groups -OCH3 is 4. The molecule has 0 bridgehead atoms. The van der Waals surface area contributed by atoms with Gasteiger partial charge in [-0.2, -0.15) is 0 Å². The molecule has 0 fully saturated rings. The summed E-state index contributed by atoms with van der Waals surface area (Å²) < 4.78 is 35.7. The van der Waals surface area contributed by atoms with Crippen LogP contribution in [0.15, 0.2) is 55.9 Å². The monoisotopic (exact) mass is 646 g/mol. The number of para-hydroxylation sites is 1. The highest BCUT2D eigenvalue weighted by molar-refractivity contribution is 9.10. The fraction of sp³-hybridized carbons (Fsp3) is 0.345. The number of hydrogen-bond acceptors (Lipinski definition) is 10. The van der Waals surface area contributed by atoms with Gasteiger partial charge in [-0.25, -0.2) is 9.79 Å². The summed E-state index contributed by atoms with van der Waals surface area (Å²) in [6.45, 7) is 4.19. The van der Waals surface area contributed by atoms with E-state index in [0.29, 0.717) is 60.2 Å². The zero-order valence-electron chi connectivity index (χ0n) is 23.6. The molecule has 0 saturated carbocycles. The van der Waals surface area contributed by atoms with Gasteiger partial charge in [0.05, 0.1) is 54.8 Å². The van der Waals surface area contributed by atoms with Crippen LogP contribution in [0.1, 0.15) is 31.0 Å². The van der Waals surface area contributed by atoms with Crippen LogP contribution in [0.4, 0.5) is 0 Å². The maximum Gasteiger partial charge on any atom is 0.338 e. The number of halogens is 1. The maximum atomic E-state index is 14.1. The molecule has 41 heavy (non-hydrogen) atoms. The fourth-order valence-electron chi connectivity index (χ4n) is 4.52. The van der Waals surface area contributed by atoms with Crippen LogP contribution in [0.25, 0.3) is 6.08 Å². The second-order valence-electron chi connectivity index (χ2n) is 8.75. The van der Waals surface area contributed by atoms with Gasteiger partial charge in [-0.15, -0.1) is 0 Å². The van der Waals surface area contributed by atoms with Crippen molar-refractivity contribution >= 4 is 39.3 Å². The van der Waals surface area contributed by atoms with Gasteiger partial charge in [0.1, 0.15) is 24.1 Å². The first-order chi connectivity index (χ1) is 19.8. The number of fused-ring (bicyclic) bond motifs is 1. The largest absolute Gasteiger partial charge is 0.496 e. The number of aromatic nitrogens is 1. The van der Waals surface area contributed by atoms with Gasteiger partial charge in [-0.1, -0.05) is 23.5 Å². The van der Waals surface area contributed by atoms with E-state index in [1.807, 2.05) is 13.0 Å². The second kappa shape index (κ2) is 13.4. The molecular weight excluding hydrogens is 616 g/mol. The smallest absolute Gasteiger partial charge is 0.338 e. The Hall–Kier alpha value is -3.61. The van der Waals surface area contributed by atoms with Crippen LogP contribution in [0, 0.1) is 0 Å². The first-order valence-corrected chi connectivity index (χ1v) is 14.3. The molecule has 218 valence electrons. The van der Waals surface area contributed by atoms with E-state index in [9.17, 15) is 9.59 Å². The molecule has 0 aliphatic carbocycles. The number of carbonyl (C=O) groups excluding carboxylic acids is 1. The Morgan fingerprint density at radius 3 is 2.46 bits per heavy atom. The SMILES string of the molecule is CCOc1c(OC)cccc1[C@@H]1C(C(=O)OCCOC)=C(C)N=c2s/c(=C/c3cc(Br)c(OC)cc3OC)c(=O)n21. The lowest BCUT2D eigenvalue weighted by atomic mass is 9.94. The van der Waals surface area contributed by atoms with Gasteiger partial charge >= 0.3 is 5.97 Å². The Bertz CT molecular complexity index is 1660. The van der Waals surface area contributed by atoms with Crippen molar-refractivity contribution in [3.05, 3.63) is 76.9 Å². The maximum absolute atomic E-state index is 14.1. The quantitative estimate of drug-likeness (QED) is 0.230. The van der Waals surface area contributed by atoms with Crippen molar-refractivity contribution in [2.75, 3.05) is 48.3 Å². The van der Waals surface area contributed by atoms with Gasteiger partial charge in [0.2, 0.25) is 0 Å². The van der Waals surface area contributed by atoms with Gasteiger partial charge < -0.3 is 28.4 Å². The average Bonchev–Trinajstić information content (AvgIpc) is 3.26. The molecule has 2 heterocycles. The number of benzene rings is 2. The number of carbonyl (C=O) groups is 1. The highest BCUT2D eigenvalue weighted by Gasteiger charge is 2.36. The first-order valence-electron chi connectivity index (χ1n) is 12.7. The molecule has 0 spiro atoms. The van der Waals surface area contributed by atoms with Gasteiger partial charge in [0.25, 0.3) is 5.56 Å². The molecule has 1 aliphatic rings. The normalized spacial score (nSPS) is 14.8. The summed E-state index contributed by atoms with van der Waals surface area (Å²) in [7, 11) is 6.17. The summed E-state index contributed by atoms with van der Waals surface area (Å²) in [4.78, 5) is 32.7. The molecule has 3 aromatic rings. The van der Waals surface area contributed by atoms with E-state index in [2.05, 4.69) is 20.9 Å². The first kappa shape index (κ1) is 30.4. The summed E-state index contributed by atoms with van der Waals surface area (Å²) in [5.41, 5.74) is 1.54. The molecule has 0 unspecified atom stereocenters. The molecule has 1 aliphatic heterocycles. The van der Waals surface area contributed by atoms with Gasteiger partial charge in [-0.3, -0.25) is 9.36 Å². The number of hydrogen-bond donors (Lipinski definition) is 0. The Kier molecular flexibility index (Phi) is 9.90. The molecule has 12 heteroatoms. The Morgan fingerprint density at radius 1 is 1.07 bits per heavy atom. The van der Waals surface area contributed by atoms with Crippen LogP contribution in [0.2, 0.25) is 0 Å². The lowest BCUT2D eigenvalue weighted by molar-refractivity contribution is -0.140. The molecule has 4 rings (SSSR count). The van der Waals surface area contributed by atoms with E-state index >= 15 is 0 Å². The van der Waals surface area contributed by atoms with E-state index in [-0.39, 0.29) is 24.3 Å². The van der Waals surface area contributed by atoms with Crippen molar-refractivity contribution in [3.8, 4) is 23.0 Å². The number of rotatable bonds is 11. The Morgan fingerprint density at radius 2 is 1.80 bits per heavy atom. The third-order valence-corrected chi connectivity index (χ3v) is 7.97. The summed E-state index contributed by atoms with van der Waals surface area (Å²) in [6.07, 6.45) is 1.73. The van der Waals surface area contributed by atoms with E-state index in [4.69, 9.17) is 28.4 Å². The van der Waals surface area contributed by atoms with E-state index in [1.165, 1.54) is 30.1 Å². The lowest BCUT2D eigenvalue weighted by Crippen LogP contribution is -2.40. The zero-order chi connectivity index (χ0) is 29.7. The molecule has 0 N–H and O–H groups in total. The van der Waals surface area contributed by atoms with Crippen molar-refractivity contribution in [2.45, 2.75) is 19.9 Å². The van der Waals surface area contributed by atoms with Gasteiger partial charge in [-0.05, 0) is 48.0 Å². The van der Waals surface area contributed by atoms with Crippen LogP contribution in [0.5, 0.6) is 23.0 Å². The molecule has 0 radical (unpaired) electrons. The average molecular weight is 648 g/mol. The zero-order valence-corrected chi connectivity index (χ0v) is 26.0.